The summed E-state index contributed by atoms with van der Waals surface area (Å²) in [4.78, 5) is 25.6. The van der Waals surface area contributed by atoms with Crippen LogP contribution >= 0.6 is 0 Å². The number of nitrogens with zero attached hydrogens (tertiary/aromatic N) is 2. The monoisotopic (exact) mass is 448 g/mol. The maximum absolute atomic E-state index is 13.4. The zero-order chi connectivity index (χ0) is 23.5. The van der Waals surface area contributed by atoms with Gasteiger partial charge in [-0.25, -0.2) is 0 Å². The Kier molecular flexibility index (Phi) is 5.62. The van der Waals surface area contributed by atoms with Gasteiger partial charge in [0.05, 0.1) is 17.2 Å². The molecule has 0 spiro atoms. The number of rotatable bonds is 6. The van der Waals surface area contributed by atoms with E-state index in [4.69, 9.17) is 4.42 Å². The average Bonchev–Trinajstić information content (AvgIpc) is 3.46. The first-order chi connectivity index (χ1) is 16.6. The Labute approximate surface area is 196 Å². The third-order valence-corrected chi connectivity index (χ3v) is 5.62. The number of hydrogen-bond acceptors (Lipinski definition) is 4. The van der Waals surface area contributed by atoms with E-state index in [2.05, 4.69) is 0 Å². The van der Waals surface area contributed by atoms with Gasteiger partial charge in [-0.3, -0.25) is 14.9 Å². The van der Waals surface area contributed by atoms with Gasteiger partial charge in [-0.1, -0.05) is 60.7 Å². The molecule has 3 aromatic carbocycles. The van der Waals surface area contributed by atoms with E-state index in [1.165, 1.54) is 12.1 Å². The number of benzene rings is 3. The molecule has 4 aromatic rings. The third kappa shape index (κ3) is 4.29. The number of nitro benzene ring substituents is 1. The van der Waals surface area contributed by atoms with Crippen LogP contribution in [0.4, 0.5) is 5.69 Å². The van der Waals surface area contributed by atoms with Crippen LogP contribution in [0.2, 0.25) is 0 Å². The molecule has 1 amide bonds. The van der Waals surface area contributed by atoms with Crippen LogP contribution in [0.1, 0.15) is 16.9 Å². The van der Waals surface area contributed by atoms with E-state index in [9.17, 15) is 14.9 Å². The summed E-state index contributed by atoms with van der Waals surface area (Å²) in [5.74, 6) is 0.999. The van der Waals surface area contributed by atoms with Gasteiger partial charge in [0, 0.05) is 23.3 Å². The van der Waals surface area contributed by atoms with Crippen molar-refractivity contribution in [2.45, 2.75) is 6.54 Å². The Morgan fingerprint density at radius 2 is 1.50 bits per heavy atom. The molecule has 0 atom stereocenters. The fraction of sp³-hybridized carbons (Fsp3) is 0.0357. The minimum absolute atomic E-state index is 0.0197. The van der Waals surface area contributed by atoms with Crippen LogP contribution in [0.3, 0.4) is 0 Å². The third-order valence-electron chi connectivity index (χ3n) is 5.62. The number of furan rings is 1. The molecule has 0 N–H and O–H groups in total. The maximum Gasteiger partial charge on any atom is 0.269 e. The second-order valence-electron chi connectivity index (χ2n) is 7.88. The van der Waals surface area contributed by atoms with Crippen molar-refractivity contribution in [1.29, 1.82) is 0 Å². The standard InChI is InChI=1S/C28H20N2O4/c31-28-23(17-25-15-16-27(34-25)22-11-13-24(14-12-22)30(32)33)18-26(21-9-5-2-6-10-21)29(28)19-20-7-3-1-4-8-20/h1-18H,19H2. The predicted octanol–water partition coefficient (Wildman–Crippen LogP) is 6.32. The zero-order valence-corrected chi connectivity index (χ0v) is 18.1. The number of carbonyl (C=O) groups is 1. The highest BCUT2D eigenvalue weighted by Gasteiger charge is 2.29. The van der Waals surface area contributed by atoms with Crippen LogP contribution in [0.25, 0.3) is 23.1 Å². The van der Waals surface area contributed by atoms with E-state index in [1.54, 1.807) is 35.2 Å². The summed E-state index contributed by atoms with van der Waals surface area (Å²) in [5.41, 5.74) is 4.10. The first-order valence-electron chi connectivity index (χ1n) is 10.8. The number of amides is 1. The second-order valence-corrected chi connectivity index (χ2v) is 7.88. The lowest BCUT2D eigenvalue weighted by atomic mass is 10.1. The summed E-state index contributed by atoms with van der Waals surface area (Å²) in [5, 5.41) is 10.9. The van der Waals surface area contributed by atoms with Crippen molar-refractivity contribution in [2.75, 3.05) is 0 Å². The Morgan fingerprint density at radius 1 is 0.824 bits per heavy atom. The molecule has 0 unspecified atom stereocenters. The van der Waals surface area contributed by atoms with Gasteiger partial charge >= 0.3 is 0 Å². The molecule has 1 aromatic heterocycles. The van der Waals surface area contributed by atoms with Crippen LogP contribution in [-0.2, 0) is 11.3 Å². The smallest absolute Gasteiger partial charge is 0.269 e. The molecular weight excluding hydrogens is 428 g/mol. The highest BCUT2D eigenvalue weighted by molar-refractivity contribution is 6.10. The summed E-state index contributed by atoms with van der Waals surface area (Å²) in [6, 6.07) is 29.4. The Bertz CT molecular complexity index is 1400. The largest absolute Gasteiger partial charge is 0.457 e. The molecule has 1 aliphatic rings. The van der Waals surface area contributed by atoms with Crippen molar-refractivity contribution in [3.63, 3.8) is 0 Å². The normalized spacial score (nSPS) is 14.5. The molecule has 0 saturated carbocycles. The van der Waals surface area contributed by atoms with Crippen LogP contribution in [0.5, 0.6) is 0 Å². The van der Waals surface area contributed by atoms with Crippen LogP contribution < -0.4 is 0 Å². The van der Waals surface area contributed by atoms with Crippen LogP contribution in [-0.4, -0.2) is 15.7 Å². The fourth-order valence-corrected chi connectivity index (χ4v) is 3.91. The fourth-order valence-electron chi connectivity index (χ4n) is 3.91. The van der Waals surface area contributed by atoms with Gasteiger partial charge < -0.3 is 9.32 Å². The Balaban J connectivity index is 1.46. The summed E-state index contributed by atoms with van der Waals surface area (Å²) >= 11 is 0. The first-order valence-corrected chi connectivity index (χ1v) is 10.8. The van der Waals surface area contributed by atoms with Gasteiger partial charge in [-0.2, -0.15) is 0 Å². The lowest BCUT2D eigenvalue weighted by molar-refractivity contribution is -0.384. The molecular formula is C28H20N2O4. The Morgan fingerprint density at radius 3 is 2.18 bits per heavy atom. The molecule has 0 saturated heterocycles. The molecule has 0 fully saturated rings. The van der Waals surface area contributed by atoms with E-state index >= 15 is 0 Å². The molecule has 2 heterocycles. The molecule has 166 valence electrons. The summed E-state index contributed by atoms with van der Waals surface area (Å²) in [6.07, 6.45) is 3.61. The van der Waals surface area contributed by atoms with E-state index < -0.39 is 4.92 Å². The average molecular weight is 448 g/mol. The quantitative estimate of drug-likeness (QED) is 0.196. The van der Waals surface area contributed by atoms with Crippen molar-refractivity contribution in [3.05, 3.63) is 136 Å². The van der Waals surface area contributed by atoms with Crippen molar-refractivity contribution in [2.24, 2.45) is 0 Å². The lowest BCUT2D eigenvalue weighted by Gasteiger charge is -2.20. The minimum atomic E-state index is -0.439. The Hall–Kier alpha value is -4.71. The molecule has 5 rings (SSSR count). The molecule has 0 bridgehead atoms. The number of hydrogen-bond donors (Lipinski definition) is 0. The van der Waals surface area contributed by atoms with Gasteiger partial charge in [-0.15, -0.1) is 0 Å². The molecule has 0 radical (unpaired) electrons. The molecule has 0 aliphatic carbocycles. The van der Waals surface area contributed by atoms with Gasteiger partial charge in [0.15, 0.2) is 0 Å². The molecule has 34 heavy (non-hydrogen) atoms. The molecule has 1 aliphatic heterocycles. The van der Waals surface area contributed by atoms with E-state index in [-0.39, 0.29) is 11.6 Å². The van der Waals surface area contributed by atoms with E-state index in [0.717, 1.165) is 22.4 Å². The second kappa shape index (κ2) is 9.03. The topological polar surface area (TPSA) is 76.6 Å². The van der Waals surface area contributed by atoms with Crippen molar-refractivity contribution >= 4 is 23.4 Å². The highest BCUT2D eigenvalue weighted by atomic mass is 16.6. The SMILES string of the molecule is O=C1C(=Cc2ccc(-c3ccc([N+](=O)[O-])cc3)o2)C=C(c2ccccc2)N1Cc1ccccc1. The molecule has 6 nitrogen and oxygen atoms in total. The lowest BCUT2D eigenvalue weighted by Crippen LogP contribution is -2.25. The van der Waals surface area contributed by atoms with Crippen LogP contribution in [0.15, 0.2) is 113 Å². The molecule has 6 heteroatoms. The number of carbonyl (C=O) groups excluding carboxylic acids is 1. The zero-order valence-electron chi connectivity index (χ0n) is 18.1. The van der Waals surface area contributed by atoms with E-state index in [0.29, 0.717) is 23.6 Å². The van der Waals surface area contributed by atoms with Gasteiger partial charge in [0.2, 0.25) is 0 Å². The van der Waals surface area contributed by atoms with Crippen molar-refractivity contribution < 1.29 is 14.1 Å². The van der Waals surface area contributed by atoms with Crippen molar-refractivity contribution in [3.8, 4) is 11.3 Å². The highest BCUT2D eigenvalue weighted by Crippen LogP contribution is 2.33. The maximum atomic E-state index is 13.4. The van der Waals surface area contributed by atoms with Gasteiger partial charge in [-0.05, 0) is 47.5 Å². The summed E-state index contributed by atoms with van der Waals surface area (Å²) < 4.78 is 5.93. The van der Waals surface area contributed by atoms with Crippen molar-refractivity contribution in [1.82, 2.24) is 4.90 Å². The number of non-ortho nitro benzene ring substituents is 1. The van der Waals surface area contributed by atoms with Crippen LogP contribution in [0, 0.1) is 10.1 Å². The predicted molar refractivity (Wildman–Crippen MR) is 130 cm³/mol. The summed E-state index contributed by atoms with van der Waals surface area (Å²) in [6.45, 7) is 0.462. The minimum Gasteiger partial charge on any atom is -0.457 e. The van der Waals surface area contributed by atoms with Gasteiger partial charge in [0.25, 0.3) is 11.6 Å². The summed E-state index contributed by atoms with van der Waals surface area (Å²) in [7, 11) is 0. The van der Waals surface area contributed by atoms with E-state index in [1.807, 2.05) is 66.7 Å². The number of nitro groups is 1. The van der Waals surface area contributed by atoms with Gasteiger partial charge in [0.1, 0.15) is 11.5 Å². The first kappa shape index (κ1) is 21.2.